The fourth-order valence-corrected chi connectivity index (χ4v) is 3.00. The second kappa shape index (κ2) is 5.12. The van der Waals surface area contributed by atoms with E-state index in [4.69, 9.17) is 0 Å². The van der Waals surface area contributed by atoms with E-state index in [0.717, 1.165) is 17.5 Å². The highest BCUT2D eigenvalue weighted by molar-refractivity contribution is 6.00. The maximum Gasteiger partial charge on any atom is 0.182 e. The molecule has 0 aliphatic carbocycles. The monoisotopic (exact) mass is 265 g/mol. The van der Waals surface area contributed by atoms with E-state index < -0.39 is 0 Å². The van der Waals surface area contributed by atoms with Gasteiger partial charge in [0.05, 0.1) is 6.54 Å². The minimum Gasteiger partial charge on any atom is -0.361 e. The molecule has 2 aromatic carbocycles. The van der Waals surface area contributed by atoms with Crippen LogP contribution in [0.2, 0.25) is 0 Å². The number of fused-ring (bicyclic) bond motifs is 1. The summed E-state index contributed by atoms with van der Waals surface area (Å²) in [6, 6.07) is 16.6. The van der Waals surface area contributed by atoms with Crippen molar-refractivity contribution in [3.8, 4) is 0 Å². The summed E-state index contributed by atoms with van der Waals surface area (Å²) in [4.78, 5) is 14.8. The van der Waals surface area contributed by atoms with Gasteiger partial charge in [0, 0.05) is 17.3 Å². The van der Waals surface area contributed by atoms with Crippen molar-refractivity contribution in [3.05, 3.63) is 65.2 Å². The van der Waals surface area contributed by atoms with Gasteiger partial charge in [0.1, 0.15) is 0 Å². The van der Waals surface area contributed by atoms with Crippen molar-refractivity contribution in [2.75, 3.05) is 11.4 Å². The Morgan fingerprint density at radius 3 is 2.65 bits per heavy atom. The number of Topliss-reactive ketones (excluding diaryl/α,β-unsaturated/α-hetero) is 1. The average Bonchev–Trinajstić information content (AvgIpc) is 2.76. The number of benzene rings is 2. The molecule has 0 aromatic heterocycles. The van der Waals surface area contributed by atoms with Crippen LogP contribution in [0.1, 0.15) is 28.4 Å². The predicted molar refractivity (Wildman–Crippen MR) is 82.5 cm³/mol. The Kier molecular flexibility index (Phi) is 3.31. The number of carbonyl (C=O) groups excluding carboxylic acids is 1. The molecule has 0 bridgehead atoms. The molecular weight excluding hydrogens is 246 g/mol. The summed E-state index contributed by atoms with van der Waals surface area (Å²) in [5.41, 5.74) is 4.45. The van der Waals surface area contributed by atoms with E-state index in [9.17, 15) is 4.79 Å². The lowest BCUT2D eigenvalue weighted by molar-refractivity contribution is 0.0997. The standard InChI is InChI=1S/C18H19NO/c1-13-7-3-5-9-16(13)18(20)12-19-14(2)11-15-8-4-6-10-17(15)19/h3-10,14H,11-12H2,1-2H3. The van der Waals surface area contributed by atoms with E-state index in [1.807, 2.05) is 37.3 Å². The molecule has 1 aliphatic rings. The van der Waals surface area contributed by atoms with Crippen LogP contribution in [0, 0.1) is 6.92 Å². The molecule has 1 heterocycles. The van der Waals surface area contributed by atoms with E-state index in [0.29, 0.717) is 12.6 Å². The maximum absolute atomic E-state index is 12.5. The lowest BCUT2D eigenvalue weighted by atomic mass is 10.0. The van der Waals surface area contributed by atoms with Crippen molar-refractivity contribution in [1.29, 1.82) is 0 Å². The molecule has 1 aliphatic heterocycles. The molecule has 1 unspecified atom stereocenters. The van der Waals surface area contributed by atoms with Crippen molar-refractivity contribution in [2.45, 2.75) is 26.3 Å². The first-order valence-corrected chi connectivity index (χ1v) is 7.10. The van der Waals surface area contributed by atoms with Crippen LogP contribution in [-0.4, -0.2) is 18.4 Å². The average molecular weight is 265 g/mol. The lowest BCUT2D eigenvalue weighted by Gasteiger charge is -2.24. The smallest absolute Gasteiger partial charge is 0.182 e. The van der Waals surface area contributed by atoms with E-state index in [1.54, 1.807) is 0 Å². The molecule has 1 atom stereocenters. The van der Waals surface area contributed by atoms with E-state index in [1.165, 1.54) is 11.3 Å². The van der Waals surface area contributed by atoms with Crippen LogP contribution in [-0.2, 0) is 6.42 Å². The molecular formula is C18H19NO. The van der Waals surface area contributed by atoms with Gasteiger partial charge < -0.3 is 4.90 Å². The normalized spacial score (nSPS) is 17.1. The Bertz CT molecular complexity index is 647. The number of anilines is 1. The SMILES string of the molecule is Cc1ccccc1C(=O)CN1c2ccccc2CC1C. The molecule has 20 heavy (non-hydrogen) atoms. The fraction of sp³-hybridized carbons (Fsp3) is 0.278. The van der Waals surface area contributed by atoms with Crippen LogP contribution in [0.25, 0.3) is 0 Å². The third kappa shape index (κ3) is 2.22. The van der Waals surface area contributed by atoms with Crippen LogP contribution in [0.4, 0.5) is 5.69 Å². The summed E-state index contributed by atoms with van der Waals surface area (Å²) in [6.45, 7) is 4.64. The molecule has 0 fully saturated rings. The number of carbonyl (C=O) groups is 1. The first-order valence-electron chi connectivity index (χ1n) is 7.10. The lowest BCUT2D eigenvalue weighted by Crippen LogP contribution is -2.34. The molecule has 102 valence electrons. The second-order valence-electron chi connectivity index (χ2n) is 5.55. The Balaban J connectivity index is 1.85. The third-order valence-electron chi connectivity index (χ3n) is 4.11. The molecule has 2 heteroatoms. The van der Waals surface area contributed by atoms with Gasteiger partial charge in [-0.05, 0) is 37.5 Å². The molecule has 0 spiro atoms. The quantitative estimate of drug-likeness (QED) is 0.790. The van der Waals surface area contributed by atoms with Gasteiger partial charge in [0.15, 0.2) is 5.78 Å². The molecule has 0 radical (unpaired) electrons. The van der Waals surface area contributed by atoms with E-state index in [-0.39, 0.29) is 5.78 Å². The van der Waals surface area contributed by atoms with Crippen LogP contribution >= 0.6 is 0 Å². The predicted octanol–water partition coefficient (Wildman–Crippen LogP) is 3.63. The van der Waals surface area contributed by atoms with Gasteiger partial charge in [-0.15, -0.1) is 0 Å². The summed E-state index contributed by atoms with van der Waals surface area (Å²) >= 11 is 0. The zero-order valence-corrected chi connectivity index (χ0v) is 12.0. The summed E-state index contributed by atoms with van der Waals surface area (Å²) in [5, 5.41) is 0. The number of rotatable bonds is 3. The van der Waals surface area contributed by atoms with Gasteiger partial charge >= 0.3 is 0 Å². The number of aryl methyl sites for hydroxylation is 1. The third-order valence-corrected chi connectivity index (χ3v) is 4.11. The van der Waals surface area contributed by atoms with Crippen LogP contribution in [0.3, 0.4) is 0 Å². The van der Waals surface area contributed by atoms with Gasteiger partial charge in [0.2, 0.25) is 0 Å². The zero-order chi connectivity index (χ0) is 14.1. The Morgan fingerprint density at radius 1 is 1.15 bits per heavy atom. The minimum atomic E-state index is 0.201. The van der Waals surface area contributed by atoms with Gasteiger partial charge in [-0.2, -0.15) is 0 Å². The van der Waals surface area contributed by atoms with Crippen molar-refractivity contribution < 1.29 is 4.79 Å². The molecule has 0 amide bonds. The largest absolute Gasteiger partial charge is 0.361 e. The van der Waals surface area contributed by atoms with Crippen LogP contribution in [0.15, 0.2) is 48.5 Å². The number of hydrogen-bond donors (Lipinski definition) is 0. The summed E-state index contributed by atoms with van der Waals surface area (Å²) in [6.07, 6.45) is 1.03. The van der Waals surface area contributed by atoms with Crippen molar-refractivity contribution in [3.63, 3.8) is 0 Å². The second-order valence-corrected chi connectivity index (χ2v) is 5.55. The van der Waals surface area contributed by atoms with Crippen molar-refractivity contribution in [1.82, 2.24) is 0 Å². The summed E-state index contributed by atoms with van der Waals surface area (Å²) in [7, 11) is 0. The highest BCUT2D eigenvalue weighted by Crippen LogP contribution is 2.31. The molecule has 0 N–H and O–H groups in total. The van der Waals surface area contributed by atoms with Crippen LogP contribution in [0.5, 0.6) is 0 Å². The topological polar surface area (TPSA) is 20.3 Å². The Hall–Kier alpha value is -2.09. The van der Waals surface area contributed by atoms with E-state index in [2.05, 4.69) is 30.0 Å². The number of para-hydroxylation sites is 1. The minimum absolute atomic E-state index is 0.201. The Morgan fingerprint density at radius 2 is 1.85 bits per heavy atom. The first kappa shape index (κ1) is 12.9. The fourth-order valence-electron chi connectivity index (χ4n) is 3.00. The molecule has 0 saturated carbocycles. The number of hydrogen-bond acceptors (Lipinski definition) is 2. The first-order chi connectivity index (χ1) is 9.66. The van der Waals surface area contributed by atoms with Crippen molar-refractivity contribution in [2.24, 2.45) is 0 Å². The molecule has 2 aromatic rings. The zero-order valence-electron chi connectivity index (χ0n) is 12.0. The van der Waals surface area contributed by atoms with E-state index >= 15 is 0 Å². The maximum atomic E-state index is 12.5. The summed E-state index contributed by atoms with van der Waals surface area (Å²) in [5.74, 6) is 0.201. The van der Waals surface area contributed by atoms with Gasteiger partial charge in [-0.25, -0.2) is 0 Å². The molecule has 0 saturated heterocycles. The van der Waals surface area contributed by atoms with Crippen LogP contribution < -0.4 is 4.90 Å². The summed E-state index contributed by atoms with van der Waals surface area (Å²) < 4.78 is 0. The van der Waals surface area contributed by atoms with Gasteiger partial charge in [-0.3, -0.25) is 4.79 Å². The molecule has 3 rings (SSSR count). The van der Waals surface area contributed by atoms with Crippen molar-refractivity contribution >= 4 is 11.5 Å². The Labute approximate surface area is 120 Å². The highest BCUT2D eigenvalue weighted by Gasteiger charge is 2.27. The number of ketones is 1. The van der Waals surface area contributed by atoms with Gasteiger partial charge in [0.25, 0.3) is 0 Å². The van der Waals surface area contributed by atoms with Gasteiger partial charge in [-0.1, -0.05) is 42.5 Å². The molecule has 2 nitrogen and oxygen atoms in total. The highest BCUT2D eigenvalue weighted by atomic mass is 16.1. The number of nitrogens with zero attached hydrogens (tertiary/aromatic N) is 1.